The van der Waals surface area contributed by atoms with Gasteiger partial charge in [-0.15, -0.1) is 0 Å². The standard InChI is InChI=1S/C21H25FN6O3/c1-2-31-18-6-7-23-20(25-18)27-10-3-9-26(12-13-27)19(29)16-14-15(4-5-17(16)22)28-11-8-24-21(28)30/h4-7,14H,2-3,8-13H2,1H3,(H,24,30). The van der Waals surface area contributed by atoms with Crippen molar-refractivity contribution in [3.05, 3.63) is 41.8 Å². The van der Waals surface area contributed by atoms with E-state index in [-0.39, 0.29) is 17.5 Å². The van der Waals surface area contributed by atoms with Gasteiger partial charge in [-0.25, -0.2) is 14.2 Å². The number of hydrogen-bond donors (Lipinski definition) is 1. The fourth-order valence-corrected chi connectivity index (χ4v) is 3.77. The molecule has 9 nitrogen and oxygen atoms in total. The van der Waals surface area contributed by atoms with Crippen molar-refractivity contribution in [3.63, 3.8) is 0 Å². The van der Waals surface area contributed by atoms with Gasteiger partial charge in [0.15, 0.2) is 0 Å². The van der Waals surface area contributed by atoms with Crippen LogP contribution in [-0.2, 0) is 0 Å². The molecule has 10 heteroatoms. The summed E-state index contributed by atoms with van der Waals surface area (Å²) >= 11 is 0. The minimum absolute atomic E-state index is 0.0276. The van der Waals surface area contributed by atoms with Crippen LogP contribution in [0.15, 0.2) is 30.5 Å². The van der Waals surface area contributed by atoms with Gasteiger partial charge in [-0.3, -0.25) is 9.69 Å². The summed E-state index contributed by atoms with van der Waals surface area (Å²) in [6.45, 7) is 5.52. The molecule has 3 heterocycles. The van der Waals surface area contributed by atoms with Crippen molar-refractivity contribution in [1.82, 2.24) is 20.2 Å². The Labute approximate surface area is 179 Å². The lowest BCUT2D eigenvalue weighted by atomic mass is 10.1. The molecule has 31 heavy (non-hydrogen) atoms. The van der Waals surface area contributed by atoms with E-state index in [1.165, 1.54) is 23.1 Å². The maximum atomic E-state index is 14.5. The predicted molar refractivity (Wildman–Crippen MR) is 113 cm³/mol. The summed E-state index contributed by atoms with van der Waals surface area (Å²) < 4.78 is 20.0. The van der Waals surface area contributed by atoms with Crippen LogP contribution in [0, 0.1) is 5.82 Å². The molecule has 2 aliphatic heterocycles. The molecule has 0 bridgehead atoms. The van der Waals surface area contributed by atoms with E-state index in [1.807, 2.05) is 11.8 Å². The lowest BCUT2D eigenvalue weighted by Crippen LogP contribution is -2.36. The highest BCUT2D eigenvalue weighted by molar-refractivity contribution is 5.98. The molecule has 2 saturated heterocycles. The number of benzene rings is 1. The molecule has 0 spiro atoms. The Balaban J connectivity index is 1.48. The Hall–Kier alpha value is -3.43. The van der Waals surface area contributed by atoms with Gasteiger partial charge in [-0.2, -0.15) is 4.98 Å². The van der Waals surface area contributed by atoms with Crippen LogP contribution in [0.1, 0.15) is 23.7 Å². The van der Waals surface area contributed by atoms with Crippen LogP contribution in [-0.4, -0.2) is 72.7 Å². The van der Waals surface area contributed by atoms with Crippen molar-refractivity contribution >= 4 is 23.6 Å². The molecule has 164 valence electrons. The first-order valence-corrected chi connectivity index (χ1v) is 10.4. The topological polar surface area (TPSA) is 90.9 Å². The van der Waals surface area contributed by atoms with E-state index >= 15 is 0 Å². The molecule has 4 rings (SSSR count). The number of halogens is 1. The highest BCUT2D eigenvalue weighted by Gasteiger charge is 2.26. The Bertz CT molecular complexity index is 972. The maximum Gasteiger partial charge on any atom is 0.321 e. The number of carbonyl (C=O) groups is 2. The zero-order valence-electron chi connectivity index (χ0n) is 17.4. The number of nitrogens with one attached hydrogen (secondary N) is 1. The van der Waals surface area contributed by atoms with E-state index in [0.29, 0.717) is 69.8 Å². The number of nitrogens with zero attached hydrogens (tertiary/aromatic N) is 5. The number of ether oxygens (including phenoxy) is 1. The van der Waals surface area contributed by atoms with Crippen molar-refractivity contribution in [3.8, 4) is 5.88 Å². The van der Waals surface area contributed by atoms with Gasteiger partial charge in [0.1, 0.15) is 5.82 Å². The lowest BCUT2D eigenvalue weighted by Gasteiger charge is -2.23. The Morgan fingerprint density at radius 3 is 2.84 bits per heavy atom. The van der Waals surface area contributed by atoms with Gasteiger partial charge in [0.05, 0.1) is 12.2 Å². The second-order valence-electron chi connectivity index (χ2n) is 7.31. The molecule has 0 unspecified atom stereocenters. The van der Waals surface area contributed by atoms with E-state index in [0.717, 1.165) is 0 Å². The van der Waals surface area contributed by atoms with E-state index in [9.17, 15) is 14.0 Å². The van der Waals surface area contributed by atoms with E-state index < -0.39 is 5.82 Å². The molecule has 0 radical (unpaired) electrons. The molecule has 2 aliphatic rings. The predicted octanol–water partition coefficient (Wildman–Crippen LogP) is 1.90. The number of amides is 3. The number of hydrogen-bond acceptors (Lipinski definition) is 6. The highest BCUT2D eigenvalue weighted by atomic mass is 19.1. The molecular formula is C21H25FN6O3. The number of aromatic nitrogens is 2. The Morgan fingerprint density at radius 2 is 2.06 bits per heavy atom. The molecule has 2 aromatic rings. The summed E-state index contributed by atoms with van der Waals surface area (Å²) in [5.74, 6) is 0.0787. The highest BCUT2D eigenvalue weighted by Crippen LogP contribution is 2.23. The smallest absolute Gasteiger partial charge is 0.321 e. The summed E-state index contributed by atoms with van der Waals surface area (Å²) in [5, 5.41) is 2.71. The number of urea groups is 1. The van der Waals surface area contributed by atoms with Crippen LogP contribution in [0.2, 0.25) is 0 Å². The van der Waals surface area contributed by atoms with E-state index in [4.69, 9.17) is 4.74 Å². The van der Waals surface area contributed by atoms with Crippen LogP contribution in [0.4, 0.5) is 20.8 Å². The normalized spacial score (nSPS) is 16.8. The molecular weight excluding hydrogens is 403 g/mol. The van der Waals surface area contributed by atoms with Gasteiger partial charge < -0.3 is 19.9 Å². The Kier molecular flexibility index (Phi) is 6.15. The van der Waals surface area contributed by atoms with Crippen LogP contribution < -0.4 is 19.9 Å². The average Bonchev–Trinajstić information content (AvgIpc) is 3.05. The second kappa shape index (κ2) is 9.15. The molecule has 3 amide bonds. The van der Waals surface area contributed by atoms with Crippen molar-refractivity contribution in [2.24, 2.45) is 0 Å². The van der Waals surface area contributed by atoms with Crippen molar-refractivity contribution < 1.29 is 18.7 Å². The third-order valence-electron chi connectivity index (χ3n) is 5.32. The van der Waals surface area contributed by atoms with Gasteiger partial charge in [-0.05, 0) is 31.5 Å². The minimum Gasteiger partial charge on any atom is -0.478 e. The number of rotatable bonds is 5. The molecule has 0 aliphatic carbocycles. The van der Waals surface area contributed by atoms with Crippen molar-refractivity contribution in [1.29, 1.82) is 0 Å². The zero-order chi connectivity index (χ0) is 21.8. The fourth-order valence-electron chi connectivity index (χ4n) is 3.77. The summed E-state index contributed by atoms with van der Waals surface area (Å²) in [6.07, 6.45) is 2.35. The monoisotopic (exact) mass is 428 g/mol. The largest absolute Gasteiger partial charge is 0.478 e. The van der Waals surface area contributed by atoms with Gasteiger partial charge >= 0.3 is 6.03 Å². The first kappa shape index (κ1) is 20.8. The summed E-state index contributed by atoms with van der Waals surface area (Å²) in [7, 11) is 0. The number of anilines is 2. The molecule has 2 fully saturated rings. The van der Waals surface area contributed by atoms with Gasteiger partial charge in [0.25, 0.3) is 5.91 Å². The van der Waals surface area contributed by atoms with Gasteiger partial charge in [0.2, 0.25) is 11.8 Å². The van der Waals surface area contributed by atoms with Gasteiger partial charge in [0, 0.05) is 57.2 Å². The first-order valence-electron chi connectivity index (χ1n) is 10.4. The quantitative estimate of drug-likeness (QED) is 0.782. The molecule has 0 saturated carbocycles. The Morgan fingerprint density at radius 1 is 1.19 bits per heavy atom. The van der Waals surface area contributed by atoms with Crippen LogP contribution in [0.25, 0.3) is 0 Å². The molecule has 1 aromatic carbocycles. The maximum absolute atomic E-state index is 14.5. The third-order valence-corrected chi connectivity index (χ3v) is 5.32. The minimum atomic E-state index is -0.595. The summed E-state index contributed by atoms with van der Waals surface area (Å²) in [5.41, 5.74) is 0.484. The molecule has 1 aromatic heterocycles. The SMILES string of the molecule is CCOc1ccnc(N2CCCN(C(=O)c3cc(N4CCNC4=O)ccc3F)CC2)n1. The van der Waals surface area contributed by atoms with E-state index in [2.05, 4.69) is 15.3 Å². The van der Waals surface area contributed by atoms with Crippen LogP contribution >= 0.6 is 0 Å². The van der Waals surface area contributed by atoms with Crippen LogP contribution in [0.3, 0.4) is 0 Å². The summed E-state index contributed by atoms with van der Waals surface area (Å²) in [4.78, 5) is 38.9. The fraction of sp³-hybridized carbons (Fsp3) is 0.429. The van der Waals surface area contributed by atoms with Crippen molar-refractivity contribution in [2.75, 3.05) is 55.7 Å². The first-order chi connectivity index (χ1) is 15.1. The van der Waals surface area contributed by atoms with Gasteiger partial charge in [-0.1, -0.05) is 0 Å². The van der Waals surface area contributed by atoms with E-state index in [1.54, 1.807) is 17.2 Å². The average molecular weight is 428 g/mol. The molecule has 1 N–H and O–H groups in total. The lowest BCUT2D eigenvalue weighted by molar-refractivity contribution is 0.0762. The molecule has 0 atom stereocenters. The summed E-state index contributed by atoms with van der Waals surface area (Å²) in [6, 6.07) is 5.68. The van der Waals surface area contributed by atoms with Crippen molar-refractivity contribution in [2.45, 2.75) is 13.3 Å². The van der Waals surface area contributed by atoms with Crippen LogP contribution in [0.5, 0.6) is 5.88 Å². The third kappa shape index (κ3) is 4.52. The second-order valence-corrected chi connectivity index (χ2v) is 7.31. The number of carbonyl (C=O) groups excluding carboxylic acids is 2. The zero-order valence-corrected chi connectivity index (χ0v) is 17.4.